The molecule has 38 heteroatoms. The normalized spacial score (nSPS) is 14.3. The molecule has 38 nitrogen and oxygen atoms in total. The molecule has 2 aromatic rings. The Morgan fingerprint density at radius 1 is 0.429 bits per heavy atom. The first-order chi connectivity index (χ1) is 46.2. The first kappa shape index (κ1) is 83.6. The number of nitrogens with two attached hydrogens (primary N) is 8. The Balaban J connectivity index is 2.48. The zero-order chi connectivity index (χ0) is 73.8. The molecule has 0 heterocycles. The van der Waals surface area contributed by atoms with Crippen molar-refractivity contribution < 1.29 is 87.9 Å². The average molecular weight is 1390 g/mol. The monoisotopic (exact) mass is 1380 g/mol. The van der Waals surface area contributed by atoms with E-state index in [0.717, 1.165) is 0 Å². The number of aliphatic carboxylic acids is 1. The molecule has 0 unspecified atom stereocenters. The number of aliphatic imine (C=N–C) groups is 2. The Hall–Kier alpha value is -10.5. The molecule has 0 aliphatic rings. The number of unbranched alkanes of at least 4 members (excludes halogenated alkanes) is 1. The molecule has 11 atom stereocenters. The van der Waals surface area contributed by atoms with Crippen molar-refractivity contribution in [3.8, 4) is 11.5 Å². The van der Waals surface area contributed by atoms with Gasteiger partial charge in [0.1, 0.15) is 71.9 Å². The smallest absolute Gasteiger partial charge is 0.305 e. The lowest BCUT2D eigenvalue weighted by molar-refractivity contribution is -0.142. The fourth-order valence-electron chi connectivity index (χ4n) is 9.27. The summed E-state index contributed by atoms with van der Waals surface area (Å²) in [7, 11) is 0. The van der Waals surface area contributed by atoms with E-state index in [1.807, 2.05) is 0 Å². The number of benzene rings is 2. The van der Waals surface area contributed by atoms with E-state index in [0.29, 0.717) is 17.5 Å². The number of guanidine groups is 2. The molecule has 12 amide bonds. The van der Waals surface area contributed by atoms with E-state index in [1.54, 1.807) is 13.8 Å². The fourth-order valence-corrected chi connectivity index (χ4v) is 9.27. The summed E-state index contributed by atoms with van der Waals surface area (Å²) in [5, 5.41) is 74.3. The number of primary amides is 2. The second-order valence-corrected chi connectivity index (χ2v) is 23.3. The third-order valence-corrected chi connectivity index (χ3v) is 14.5. The minimum Gasteiger partial charge on any atom is -0.508 e. The van der Waals surface area contributed by atoms with Crippen molar-refractivity contribution in [2.45, 2.75) is 171 Å². The summed E-state index contributed by atoms with van der Waals surface area (Å²) >= 11 is 0. The van der Waals surface area contributed by atoms with Crippen LogP contribution in [-0.4, -0.2) is 214 Å². The van der Waals surface area contributed by atoms with E-state index in [-0.39, 0.29) is 114 Å². The molecular formula is C60H96N20O18. The first-order valence-electron chi connectivity index (χ1n) is 31.4. The van der Waals surface area contributed by atoms with Crippen LogP contribution in [0.5, 0.6) is 11.5 Å². The molecule has 0 fully saturated rings. The van der Waals surface area contributed by atoms with Crippen LogP contribution >= 0.6 is 0 Å². The highest BCUT2D eigenvalue weighted by Crippen LogP contribution is 2.16. The number of aromatic hydroxyl groups is 2. The molecule has 0 saturated carbocycles. The van der Waals surface area contributed by atoms with Crippen molar-refractivity contribution >= 4 is 88.8 Å². The van der Waals surface area contributed by atoms with Crippen LogP contribution in [0.3, 0.4) is 0 Å². The number of hydrogen-bond acceptors (Lipinski definition) is 21. The fraction of sp³-hybridized carbons (Fsp3) is 0.550. The van der Waals surface area contributed by atoms with E-state index < -0.39 is 169 Å². The molecule has 98 heavy (non-hydrogen) atoms. The van der Waals surface area contributed by atoms with Crippen molar-refractivity contribution in [3.63, 3.8) is 0 Å². The van der Waals surface area contributed by atoms with Crippen LogP contribution in [-0.2, 0) is 75.2 Å². The number of hydrogen-bond donors (Lipinski definition) is 23. The van der Waals surface area contributed by atoms with Crippen LogP contribution < -0.4 is 99.0 Å². The number of aliphatic hydroxyl groups is 2. The minimum absolute atomic E-state index is 0.0228. The van der Waals surface area contributed by atoms with E-state index >= 15 is 0 Å². The Labute approximate surface area is 564 Å². The number of phenols is 2. The highest BCUT2D eigenvalue weighted by molar-refractivity contribution is 6.00. The lowest BCUT2D eigenvalue weighted by Gasteiger charge is -2.28. The number of phenolic OH excluding ortho intramolecular Hbond substituents is 2. The number of nitrogens with one attached hydrogen (secondary N) is 10. The molecule has 0 saturated heterocycles. The standard InChI is InChI=1S/C60H96N20O18/c1-30(2)24-41(76-55(95)42(26-33-13-17-35(84)18-14-33)77-53(93)38(8-4-5-21-61)74-57(97)44(28-81)79-50(90)36(62)25-32-11-15-34(83)16-12-32)54(94)78-43(27-47(86)87)56(96)80-45(29-82)58(98)75-40(10-7-23-70-60(67)68)52(92)73-39(9-6-22-69-59(65)66)51(91)71-31(3)49(89)72-37(48(64)88)19-20-46(63)85/h11-18,30-31,36-45,81-84H,4-10,19-29,61-62H2,1-3H3,(H2,63,85)(H2,64,88)(H,71,91)(H,72,89)(H,73,92)(H,74,97)(H,75,98)(H,76,95)(H,77,93)(H,78,94)(H,79,90)(H,80,96)(H,86,87)(H4,65,66,69)(H4,67,68,70)/t31-,36-,37-,38-,39-,40-,41-,42-,43-,44-,45-/m0/s1. The van der Waals surface area contributed by atoms with E-state index in [4.69, 9.17) is 45.9 Å². The number of amides is 12. The maximum Gasteiger partial charge on any atom is 0.305 e. The Kier molecular flexibility index (Phi) is 37.2. The van der Waals surface area contributed by atoms with Crippen LogP contribution in [0.4, 0.5) is 0 Å². The molecule has 544 valence electrons. The highest BCUT2D eigenvalue weighted by Gasteiger charge is 2.37. The summed E-state index contributed by atoms with van der Waals surface area (Å²) in [5.41, 5.74) is 45.1. The lowest BCUT2D eigenvalue weighted by Crippen LogP contribution is -2.61. The largest absolute Gasteiger partial charge is 0.508 e. The zero-order valence-corrected chi connectivity index (χ0v) is 54.8. The molecule has 2 aromatic carbocycles. The number of nitrogens with zero attached hydrogens (tertiary/aromatic N) is 2. The maximum atomic E-state index is 14.5. The van der Waals surface area contributed by atoms with Crippen molar-refractivity contribution in [1.29, 1.82) is 0 Å². The Bertz CT molecular complexity index is 3080. The predicted octanol–water partition coefficient (Wildman–Crippen LogP) is -8.43. The predicted molar refractivity (Wildman–Crippen MR) is 353 cm³/mol. The Morgan fingerprint density at radius 3 is 1.22 bits per heavy atom. The van der Waals surface area contributed by atoms with Gasteiger partial charge in [-0.15, -0.1) is 0 Å². The van der Waals surface area contributed by atoms with E-state index in [9.17, 15) is 87.9 Å². The van der Waals surface area contributed by atoms with Gasteiger partial charge < -0.3 is 125 Å². The lowest BCUT2D eigenvalue weighted by atomic mass is 10.00. The van der Waals surface area contributed by atoms with Crippen LogP contribution in [0.2, 0.25) is 0 Å². The molecular weight excluding hydrogens is 1290 g/mol. The molecule has 0 aliphatic carbocycles. The van der Waals surface area contributed by atoms with Gasteiger partial charge in [-0.3, -0.25) is 72.3 Å². The van der Waals surface area contributed by atoms with Crippen LogP contribution in [0, 0.1) is 5.92 Å². The van der Waals surface area contributed by atoms with Gasteiger partial charge in [0.15, 0.2) is 11.9 Å². The zero-order valence-electron chi connectivity index (χ0n) is 54.8. The average Bonchev–Trinajstić information content (AvgIpc) is 0.963. The van der Waals surface area contributed by atoms with Gasteiger partial charge >= 0.3 is 5.97 Å². The SMILES string of the molecule is CC(C)C[C@H](NC(=O)[C@H](Cc1ccc(O)cc1)NC(=O)[C@H](CCCCN)NC(=O)[C@H](CO)NC(=O)[C@@H](N)Cc1ccc(O)cc1)C(=O)N[C@@H](CC(=O)O)C(=O)N[C@@H](CO)C(=O)N[C@@H](CCCN=C(N)N)C(=O)N[C@@H](CCCN=C(N)N)C(=O)N[C@@H](C)C(=O)N[C@@H](CCC(N)=O)C(N)=O. The van der Waals surface area contributed by atoms with Gasteiger partial charge in [-0.25, -0.2) is 0 Å². The van der Waals surface area contributed by atoms with Crippen molar-refractivity contribution in [3.05, 3.63) is 59.7 Å². The second kappa shape index (κ2) is 43.6. The van der Waals surface area contributed by atoms with Gasteiger partial charge in [0, 0.05) is 25.9 Å². The summed E-state index contributed by atoms with van der Waals surface area (Å²) in [6.07, 6.45) is -2.25. The number of aliphatic hydroxyl groups excluding tert-OH is 2. The van der Waals surface area contributed by atoms with Crippen molar-refractivity contribution in [1.82, 2.24) is 53.2 Å². The third kappa shape index (κ3) is 32.3. The first-order valence-corrected chi connectivity index (χ1v) is 31.4. The van der Waals surface area contributed by atoms with Crippen molar-refractivity contribution in [2.24, 2.45) is 61.8 Å². The topological polar surface area (TPSA) is 676 Å². The molecule has 0 radical (unpaired) electrons. The van der Waals surface area contributed by atoms with Gasteiger partial charge in [-0.1, -0.05) is 38.1 Å². The summed E-state index contributed by atoms with van der Waals surface area (Å²) in [4.78, 5) is 183. The van der Waals surface area contributed by atoms with Gasteiger partial charge in [-0.05, 0) is 119 Å². The number of carbonyl (C=O) groups is 13. The number of carbonyl (C=O) groups excluding carboxylic acids is 12. The molecule has 0 aliphatic heterocycles. The molecule has 31 N–H and O–H groups in total. The molecule has 0 aromatic heterocycles. The van der Waals surface area contributed by atoms with Gasteiger partial charge in [-0.2, -0.15) is 0 Å². The number of carboxylic acid groups (broad SMARTS) is 1. The van der Waals surface area contributed by atoms with Gasteiger partial charge in [0.2, 0.25) is 70.9 Å². The van der Waals surface area contributed by atoms with Crippen LogP contribution in [0.25, 0.3) is 0 Å². The van der Waals surface area contributed by atoms with Gasteiger partial charge in [0.25, 0.3) is 0 Å². The van der Waals surface area contributed by atoms with Gasteiger partial charge in [0.05, 0.1) is 25.7 Å². The molecule has 0 bridgehead atoms. The number of rotatable bonds is 46. The van der Waals surface area contributed by atoms with Crippen LogP contribution in [0.1, 0.15) is 103 Å². The number of carboxylic acids is 1. The minimum atomic E-state index is -2.06. The highest BCUT2D eigenvalue weighted by atomic mass is 16.4. The quantitative estimate of drug-likeness (QED) is 0.0166. The summed E-state index contributed by atoms with van der Waals surface area (Å²) in [6.45, 7) is 2.38. The van der Waals surface area contributed by atoms with Crippen LogP contribution in [0.15, 0.2) is 58.5 Å². The van der Waals surface area contributed by atoms with E-state index in [1.165, 1.54) is 55.5 Å². The molecule has 2 rings (SSSR count). The second-order valence-electron chi connectivity index (χ2n) is 23.3. The summed E-state index contributed by atoms with van der Waals surface area (Å²) in [6, 6.07) is -6.21. The Morgan fingerprint density at radius 2 is 0.796 bits per heavy atom. The maximum absolute atomic E-state index is 14.5. The van der Waals surface area contributed by atoms with Crippen molar-refractivity contribution in [2.75, 3.05) is 32.8 Å². The van der Waals surface area contributed by atoms with E-state index in [2.05, 4.69) is 63.2 Å². The summed E-state index contributed by atoms with van der Waals surface area (Å²) in [5.74, 6) is -15.3. The summed E-state index contributed by atoms with van der Waals surface area (Å²) < 4.78 is 0. The third-order valence-electron chi connectivity index (χ3n) is 14.5. The molecule has 0 spiro atoms.